The fourth-order valence-corrected chi connectivity index (χ4v) is 2.85. The summed E-state index contributed by atoms with van der Waals surface area (Å²) in [6.45, 7) is 10.3. The van der Waals surface area contributed by atoms with Crippen molar-refractivity contribution in [1.29, 1.82) is 0 Å². The molecule has 1 heterocycles. The van der Waals surface area contributed by atoms with Gasteiger partial charge in [0, 0.05) is 25.0 Å². The highest BCUT2D eigenvalue weighted by Gasteiger charge is 2.25. The van der Waals surface area contributed by atoms with Gasteiger partial charge in [0.05, 0.1) is 0 Å². The monoisotopic (exact) mass is 249 g/mol. The highest BCUT2D eigenvalue weighted by molar-refractivity contribution is 5.27. The highest BCUT2D eigenvalue weighted by atomic mass is 15.2. The fourth-order valence-electron chi connectivity index (χ4n) is 2.85. The lowest BCUT2D eigenvalue weighted by atomic mass is 9.79. The molecule has 0 aromatic carbocycles. The second kappa shape index (κ2) is 5.77. The van der Waals surface area contributed by atoms with Crippen LogP contribution in [0.2, 0.25) is 0 Å². The maximum Gasteiger partial charge on any atom is 0.202 e. The molecule has 1 fully saturated rings. The summed E-state index contributed by atoms with van der Waals surface area (Å²) in [7, 11) is 0. The molecule has 1 N–H and O–H groups in total. The Labute approximate surface area is 111 Å². The molecule has 1 aromatic rings. The predicted molar refractivity (Wildman–Crippen MR) is 76.7 cm³/mol. The quantitative estimate of drug-likeness (QED) is 0.880. The summed E-state index contributed by atoms with van der Waals surface area (Å²) in [4.78, 5) is 4.46. The van der Waals surface area contributed by atoms with Crippen molar-refractivity contribution < 1.29 is 0 Å². The summed E-state index contributed by atoms with van der Waals surface area (Å²) in [5, 5.41) is 3.64. The van der Waals surface area contributed by atoms with Gasteiger partial charge in [0.2, 0.25) is 5.95 Å². The molecule has 0 aliphatic heterocycles. The minimum atomic E-state index is 0.601. The van der Waals surface area contributed by atoms with Crippen LogP contribution in [0.15, 0.2) is 12.4 Å². The van der Waals surface area contributed by atoms with Gasteiger partial charge in [-0.2, -0.15) is 0 Å². The first-order chi connectivity index (χ1) is 8.56. The molecule has 3 atom stereocenters. The number of imidazole rings is 1. The van der Waals surface area contributed by atoms with E-state index in [1.54, 1.807) is 0 Å². The minimum Gasteiger partial charge on any atom is -0.353 e. The van der Waals surface area contributed by atoms with Gasteiger partial charge in [-0.05, 0) is 37.0 Å². The van der Waals surface area contributed by atoms with Crippen LogP contribution in [-0.4, -0.2) is 15.6 Å². The van der Waals surface area contributed by atoms with E-state index >= 15 is 0 Å². The van der Waals surface area contributed by atoms with Gasteiger partial charge < -0.3 is 9.88 Å². The summed E-state index contributed by atoms with van der Waals surface area (Å²) >= 11 is 0. The molecule has 18 heavy (non-hydrogen) atoms. The molecular formula is C15H27N3. The van der Waals surface area contributed by atoms with E-state index in [-0.39, 0.29) is 0 Å². The molecule has 3 heteroatoms. The van der Waals surface area contributed by atoms with Crippen LogP contribution in [0.4, 0.5) is 5.95 Å². The molecule has 1 saturated carbocycles. The van der Waals surface area contributed by atoms with Crippen molar-refractivity contribution in [3.8, 4) is 0 Å². The van der Waals surface area contributed by atoms with Crippen LogP contribution in [0.1, 0.15) is 47.0 Å². The number of nitrogens with zero attached hydrogens (tertiary/aromatic N) is 2. The van der Waals surface area contributed by atoms with Gasteiger partial charge in [-0.3, -0.25) is 0 Å². The van der Waals surface area contributed by atoms with Crippen LogP contribution in [0.5, 0.6) is 0 Å². The predicted octanol–water partition coefficient (Wildman–Crippen LogP) is 3.78. The van der Waals surface area contributed by atoms with Crippen LogP contribution >= 0.6 is 0 Å². The van der Waals surface area contributed by atoms with Crippen molar-refractivity contribution in [2.45, 2.75) is 59.5 Å². The highest BCUT2D eigenvalue weighted by Crippen LogP contribution is 2.30. The average molecular weight is 249 g/mol. The largest absolute Gasteiger partial charge is 0.353 e. The van der Waals surface area contributed by atoms with E-state index in [4.69, 9.17) is 0 Å². The molecule has 0 saturated heterocycles. The molecule has 3 nitrogen and oxygen atoms in total. The zero-order valence-corrected chi connectivity index (χ0v) is 12.2. The Balaban J connectivity index is 1.95. The topological polar surface area (TPSA) is 29.9 Å². The van der Waals surface area contributed by atoms with Gasteiger partial charge in [-0.25, -0.2) is 4.98 Å². The van der Waals surface area contributed by atoms with Crippen LogP contribution in [0, 0.1) is 17.8 Å². The normalized spacial score (nSPS) is 28.6. The molecule has 0 amide bonds. The van der Waals surface area contributed by atoms with Crippen LogP contribution in [0.25, 0.3) is 0 Å². The van der Waals surface area contributed by atoms with Gasteiger partial charge in [0.25, 0.3) is 0 Å². The maximum absolute atomic E-state index is 4.46. The van der Waals surface area contributed by atoms with Gasteiger partial charge >= 0.3 is 0 Å². The van der Waals surface area contributed by atoms with E-state index < -0.39 is 0 Å². The van der Waals surface area contributed by atoms with Crippen molar-refractivity contribution >= 4 is 5.95 Å². The maximum atomic E-state index is 4.46. The van der Waals surface area contributed by atoms with Crippen molar-refractivity contribution in [3.63, 3.8) is 0 Å². The van der Waals surface area contributed by atoms with Crippen molar-refractivity contribution in [2.24, 2.45) is 17.8 Å². The number of hydrogen-bond donors (Lipinski definition) is 1. The number of nitrogens with one attached hydrogen (secondary N) is 1. The SMILES string of the molecule is CC(C)Cn1ccnc1NC1CCC(C)C(C)C1. The van der Waals surface area contributed by atoms with Gasteiger partial charge in [0.1, 0.15) is 0 Å². The summed E-state index contributed by atoms with van der Waals surface area (Å²) in [5.41, 5.74) is 0. The standard InChI is InChI=1S/C15H27N3/c1-11(2)10-18-8-7-16-15(18)17-14-6-5-12(3)13(4)9-14/h7-8,11-14H,5-6,9-10H2,1-4H3,(H,16,17). The summed E-state index contributed by atoms with van der Waals surface area (Å²) < 4.78 is 2.24. The van der Waals surface area contributed by atoms with E-state index in [9.17, 15) is 0 Å². The second-order valence-corrected chi connectivity index (χ2v) is 6.41. The van der Waals surface area contributed by atoms with Crippen LogP contribution < -0.4 is 5.32 Å². The van der Waals surface area contributed by atoms with E-state index in [0.717, 1.165) is 24.3 Å². The Hall–Kier alpha value is -0.990. The van der Waals surface area contributed by atoms with Gasteiger partial charge in [-0.15, -0.1) is 0 Å². The summed E-state index contributed by atoms with van der Waals surface area (Å²) in [5.74, 6) is 3.41. The molecule has 1 aliphatic carbocycles. The molecule has 102 valence electrons. The number of rotatable bonds is 4. The summed E-state index contributed by atoms with van der Waals surface area (Å²) in [6.07, 6.45) is 7.87. The van der Waals surface area contributed by atoms with Gasteiger partial charge in [-0.1, -0.05) is 27.7 Å². The van der Waals surface area contributed by atoms with Crippen LogP contribution in [-0.2, 0) is 6.54 Å². The van der Waals surface area contributed by atoms with E-state index in [1.165, 1.54) is 19.3 Å². The smallest absolute Gasteiger partial charge is 0.202 e. The zero-order valence-electron chi connectivity index (χ0n) is 12.2. The third-order valence-corrected chi connectivity index (χ3v) is 4.21. The molecule has 1 aliphatic rings. The summed E-state index contributed by atoms with van der Waals surface area (Å²) in [6, 6.07) is 0.601. The third-order valence-electron chi connectivity index (χ3n) is 4.21. The lowest BCUT2D eigenvalue weighted by molar-refractivity contribution is 0.260. The molecule has 0 bridgehead atoms. The Morgan fingerprint density at radius 1 is 1.33 bits per heavy atom. The lowest BCUT2D eigenvalue weighted by Crippen LogP contribution is -2.31. The molecule has 0 radical (unpaired) electrons. The number of aromatic nitrogens is 2. The van der Waals surface area contributed by atoms with Crippen LogP contribution in [0.3, 0.4) is 0 Å². The molecule has 2 rings (SSSR count). The molecule has 1 aromatic heterocycles. The first kappa shape index (κ1) is 13.4. The molecular weight excluding hydrogens is 222 g/mol. The molecule has 3 unspecified atom stereocenters. The first-order valence-corrected chi connectivity index (χ1v) is 7.34. The number of anilines is 1. The zero-order chi connectivity index (χ0) is 13.1. The minimum absolute atomic E-state index is 0.601. The van der Waals surface area contributed by atoms with E-state index in [1.807, 2.05) is 6.20 Å². The first-order valence-electron chi connectivity index (χ1n) is 7.34. The van der Waals surface area contributed by atoms with Crippen molar-refractivity contribution in [1.82, 2.24) is 9.55 Å². The van der Waals surface area contributed by atoms with Gasteiger partial charge in [0.15, 0.2) is 0 Å². The van der Waals surface area contributed by atoms with Crippen molar-refractivity contribution in [3.05, 3.63) is 12.4 Å². The Morgan fingerprint density at radius 3 is 2.78 bits per heavy atom. The van der Waals surface area contributed by atoms with E-state index in [0.29, 0.717) is 12.0 Å². The lowest BCUT2D eigenvalue weighted by Gasteiger charge is -2.32. The van der Waals surface area contributed by atoms with Crippen molar-refractivity contribution in [2.75, 3.05) is 5.32 Å². The Bertz CT molecular complexity index is 370. The number of hydrogen-bond acceptors (Lipinski definition) is 2. The fraction of sp³-hybridized carbons (Fsp3) is 0.800. The van der Waals surface area contributed by atoms with E-state index in [2.05, 4.69) is 48.8 Å². The molecule has 0 spiro atoms. The Morgan fingerprint density at radius 2 is 2.11 bits per heavy atom. The third kappa shape index (κ3) is 3.27. The average Bonchev–Trinajstić information content (AvgIpc) is 2.70. The Kier molecular flexibility index (Phi) is 4.31. The second-order valence-electron chi connectivity index (χ2n) is 6.41.